The number of fused-ring (bicyclic) bond motifs is 1. The average Bonchev–Trinajstić information content (AvgIpc) is 2.79. The lowest BCUT2D eigenvalue weighted by molar-refractivity contribution is -0.157. The first kappa shape index (κ1) is 25.1. The fourth-order valence-corrected chi connectivity index (χ4v) is 3.11. The van der Waals surface area contributed by atoms with Gasteiger partial charge in [0, 0.05) is 0 Å². The monoisotopic (exact) mass is 466 g/mol. The molecule has 0 aliphatic heterocycles. The van der Waals surface area contributed by atoms with Gasteiger partial charge in [-0.05, 0) is 74.9 Å². The molecule has 0 aromatic heterocycles. The molecule has 0 radical (unpaired) electrons. The molecule has 3 aromatic carbocycles. The highest BCUT2D eigenvalue weighted by molar-refractivity contribution is 5.95. The van der Waals surface area contributed by atoms with E-state index in [0.717, 1.165) is 10.8 Å². The van der Waals surface area contributed by atoms with E-state index in [1.807, 2.05) is 36.4 Å². The molecule has 0 saturated heterocycles. The third-order valence-electron chi connectivity index (χ3n) is 4.54. The highest BCUT2D eigenvalue weighted by Gasteiger charge is 2.16. The molecule has 7 nitrogen and oxygen atoms in total. The summed E-state index contributed by atoms with van der Waals surface area (Å²) in [6.45, 7) is 7.34. The number of hydrogen-bond acceptors (Lipinski definition) is 7. The zero-order valence-corrected chi connectivity index (χ0v) is 19.9. The van der Waals surface area contributed by atoms with Crippen LogP contribution >= 0.6 is 0 Å². The average molecular weight is 467 g/mol. The van der Waals surface area contributed by atoms with Gasteiger partial charge in [-0.2, -0.15) is 0 Å². The lowest BCUT2D eigenvalue weighted by Crippen LogP contribution is -2.27. The van der Waals surface area contributed by atoms with Crippen molar-refractivity contribution in [3.63, 3.8) is 0 Å². The molecule has 0 spiro atoms. The number of rotatable bonds is 10. The highest BCUT2D eigenvalue weighted by atomic mass is 16.7. The van der Waals surface area contributed by atoms with Crippen LogP contribution in [0.4, 0.5) is 0 Å². The lowest BCUT2D eigenvalue weighted by atomic mass is 10.1. The number of carbonyl (C=O) groups is 2. The Morgan fingerprint density at radius 2 is 1.56 bits per heavy atom. The molecule has 34 heavy (non-hydrogen) atoms. The zero-order valence-electron chi connectivity index (χ0n) is 19.9. The molecule has 3 rings (SSSR count). The summed E-state index contributed by atoms with van der Waals surface area (Å²) in [5.74, 6) is 0.377. The Balaban J connectivity index is 1.46. The summed E-state index contributed by atoms with van der Waals surface area (Å²) in [5, 5.41) is 1.72. The predicted molar refractivity (Wildman–Crippen MR) is 128 cm³/mol. The van der Waals surface area contributed by atoms with Crippen LogP contribution < -0.4 is 9.47 Å². The second-order valence-corrected chi connectivity index (χ2v) is 8.60. The maximum Gasteiger partial charge on any atom is 0.344 e. The second-order valence-electron chi connectivity index (χ2n) is 8.60. The van der Waals surface area contributed by atoms with Crippen LogP contribution in [0.3, 0.4) is 0 Å². The van der Waals surface area contributed by atoms with Gasteiger partial charge in [-0.15, -0.1) is 0 Å². The molecule has 0 bridgehead atoms. The van der Waals surface area contributed by atoms with Gasteiger partial charge in [0.15, 0.2) is 12.9 Å². The molecule has 7 heteroatoms. The van der Waals surface area contributed by atoms with E-state index < -0.39 is 23.8 Å². The number of para-hydroxylation sites is 1. The Labute approximate surface area is 199 Å². The fraction of sp³-hybridized carbons (Fsp3) is 0.333. The SMILES string of the molecule is CC(OCCOC(=O)c1ccc2cc(OCC(=O)OC(C)(C)C)ccc2c1)Oc1ccccc1. The minimum atomic E-state index is -0.560. The van der Waals surface area contributed by atoms with Crippen LogP contribution in [0, 0.1) is 0 Å². The highest BCUT2D eigenvalue weighted by Crippen LogP contribution is 2.23. The van der Waals surface area contributed by atoms with Crippen molar-refractivity contribution in [3.8, 4) is 11.5 Å². The standard InChI is InChI=1S/C27H30O7/c1-19(33-23-8-6-5-7-9-23)30-14-15-31-26(29)22-11-10-21-17-24(13-12-20(21)16-22)32-18-25(28)34-27(2,3)4/h5-13,16-17,19H,14-15,18H2,1-4H3. The van der Waals surface area contributed by atoms with Gasteiger partial charge in [-0.25, -0.2) is 9.59 Å². The second kappa shape index (κ2) is 11.5. The van der Waals surface area contributed by atoms with E-state index in [9.17, 15) is 9.59 Å². The van der Waals surface area contributed by atoms with Gasteiger partial charge < -0.3 is 23.7 Å². The summed E-state index contributed by atoms with van der Waals surface area (Å²) in [4.78, 5) is 24.2. The third-order valence-corrected chi connectivity index (χ3v) is 4.54. The first-order valence-electron chi connectivity index (χ1n) is 11.1. The molecule has 0 saturated carbocycles. The van der Waals surface area contributed by atoms with Gasteiger partial charge in [0.1, 0.15) is 23.7 Å². The summed E-state index contributed by atoms with van der Waals surface area (Å²) in [6.07, 6.45) is -0.464. The quantitative estimate of drug-likeness (QED) is 0.232. The largest absolute Gasteiger partial charge is 0.482 e. The number of benzene rings is 3. The van der Waals surface area contributed by atoms with Crippen LogP contribution in [0.5, 0.6) is 11.5 Å². The van der Waals surface area contributed by atoms with Crippen molar-refractivity contribution in [1.29, 1.82) is 0 Å². The van der Waals surface area contributed by atoms with Crippen molar-refractivity contribution in [3.05, 3.63) is 72.3 Å². The van der Waals surface area contributed by atoms with Gasteiger partial charge in [0.25, 0.3) is 0 Å². The maximum absolute atomic E-state index is 12.4. The van der Waals surface area contributed by atoms with Crippen molar-refractivity contribution < 1.29 is 33.3 Å². The van der Waals surface area contributed by atoms with E-state index in [-0.39, 0.29) is 19.8 Å². The van der Waals surface area contributed by atoms with Gasteiger partial charge >= 0.3 is 11.9 Å². The Bertz CT molecular complexity index is 1100. The topological polar surface area (TPSA) is 80.3 Å². The lowest BCUT2D eigenvalue weighted by Gasteiger charge is -2.19. The van der Waals surface area contributed by atoms with Gasteiger partial charge in [0.05, 0.1) is 12.2 Å². The Morgan fingerprint density at radius 3 is 2.29 bits per heavy atom. The van der Waals surface area contributed by atoms with E-state index in [1.165, 1.54) is 0 Å². The first-order valence-corrected chi connectivity index (χ1v) is 11.1. The molecule has 1 atom stereocenters. The molecular weight excluding hydrogens is 436 g/mol. The van der Waals surface area contributed by atoms with Gasteiger partial charge in [0.2, 0.25) is 0 Å². The molecule has 0 N–H and O–H groups in total. The van der Waals surface area contributed by atoms with Crippen molar-refractivity contribution >= 4 is 22.7 Å². The summed E-state index contributed by atoms with van der Waals surface area (Å²) < 4.78 is 27.2. The minimum absolute atomic E-state index is 0.108. The van der Waals surface area contributed by atoms with Crippen molar-refractivity contribution in [2.24, 2.45) is 0 Å². The van der Waals surface area contributed by atoms with Crippen LogP contribution in [0.25, 0.3) is 10.8 Å². The van der Waals surface area contributed by atoms with E-state index in [1.54, 1.807) is 58.0 Å². The van der Waals surface area contributed by atoms with E-state index in [2.05, 4.69) is 0 Å². The molecule has 0 fully saturated rings. The Kier molecular flexibility index (Phi) is 8.49. The van der Waals surface area contributed by atoms with Crippen LogP contribution in [0.1, 0.15) is 38.1 Å². The molecule has 3 aromatic rings. The molecule has 180 valence electrons. The summed E-state index contributed by atoms with van der Waals surface area (Å²) in [6, 6.07) is 20.0. The van der Waals surface area contributed by atoms with Crippen LogP contribution in [0.2, 0.25) is 0 Å². The zero-order chi connectivity index (χ0) is 24.6. The fourth-order valence-electron chi connectivity index (χ4n) is 3.11. The van der Waals surface area contributed by atoms with Crippen LogP contribution in [-0.4, -0.2) is 43.7 Å². The normalized spacial score (nSPS) is 12.1. The van der Waals surface area contributed by atoms with Crippen molar-refractivity contribution in [2.75, 3.05) is 19.8 Å². The summed E-state index contributed by atoms with van der Waals surface area (Å²) in [7, 11) is 0. The van der Waals surface area contributed by atoms with Crippen molar-refractivity contribution in [2.45, 2.75) is 39.6 Å². The van der Waals surface area contributed by atoms with Crippen LogP contribution in [-0.2, 0) is 19.0 Å². The van der Waals surface area contributed by atoms with Crippen LogP contribution in [0.15, 0.2) is 66.7 Å². The summed E-state index contributed by atoms with van der Waals surface area (Å²) >= 11 is 0. The number of carbonyl (C=O) groups excluding carboxylic acids is 2. The number of hydrogen-bond donors (Lipinski definition) is 0. The minimum Gasteiger partial charge on any atom is -0.482 e. The summed E-state index contributed by atoms with van der Waals surface area (Å²) in [5.41, 5.74) is -0.127. The third kappa shape index (κ3) is 8.08. The van der Waals surface area contributed by atoms with Gasteiger partial charge in [-0.3, -0.25) is 0 Å². The molecule has 0 aliphatic rings. The number of esters is 2. The van der Waals surface area contributed by atoms with E-state index in [0.29, 0.717) is 17.1 Å². The van der Waals surface area contributed by atoms with Crippen molar-refractivity contribution in [1.82, 2.24) is 0 Å². The Morgan fingerprint density at radius 1 is 0.853 bits per heavy atom. The smallest absolute Gasteiger partial charge is 0.344 e. The predicted octanol–water partition coefficient (Wildman–Crippen LogP) is 5.16. The first-order chi connectivity index (χ1) is 16.2. The molecule has 0 amide bonds. The van der Waals surface area contributed by atoms with E-state index in [4.69, 9.17) is 23.7 Å². The van der Waals surface area contributed by atoms with E-state index >= 15 is 0 Å². The molecule has 0 heterocycles. The van der Waals surface area contributed by atoms with Gasteiger partial charge in [-0.1, -0.05) is 30.3 Å². The Hall–Kier alpha value is -3.58. The molecular formula is C27H30O7. The number of ether oxygens (including phenoxy) is 5. The maximum atomic E-state index is 12.4. The molecule has 0 aliphatic carbocycles. The molecule has 1 unspecified atom stereocenters.